The number of hydrogen-bond donors (Lipinski definition) is 2. The highest BCUT2D eigenvalue weighted by Gasteiger charge is 2.18. The molecule has 1 aromatic rings. The smallest absolute Gasteiger partial charge is 0.146 e. The molecule has 2 heterocycles. The van der Waals surface area contributed by atoms with Crippen molar-refractivity contribution in [1.82, 2.24) is 15.3 Å². The third-order valence-corrected chi connectivity index (χ3v) is 2.28. The molecule has 4 heteroatoms. The maximum Gasteiger partial charge on any atom is 0.146 e. The Kier molecular flexibility index (Phi) is 1.99. The Morgan fingerprint density at radius 1 is 1.67 bits per heavy atom. The van der Waals surface area contributed by atoms with Gasteiger partial charge in [-0.05, 0) is 6.92 Å². The normalized spacial score (nSPS) is 24.4. The lowest BCUT2D eigenvalue weighted by Gasteiger charge is -2.33. The van der Waals surface area contributed by atoms with Gasteiger partial charge in [0.05, 0.1) is 6.33 Å². The number of nitrogens with one attached hydrogen (secondary N) is 2. The third kappa shape index (κ3) is 1.30. The maximum atomic E-state index is 4.23. The Labute approximate surface area is 72.0 Å². The highest BCUT2D eigenvalue weighted by atomic mass is 15.3. The van der Waals surface area contributed by atoms with Crippen LogP contribution in [0.25, 0.3) is 0 Å². The molecule has 1 aliphatic rings. The molecule has 0 aliphatic carbocycles. The van der Waals surface area contributed by atoms with E-state index in [1.54, 1.807) is 6.33 Å². The Hall–Kier alpha value is -1.03. The zero-order valence-corrected chi connectivity index (χ0v) is 7.25. The summed E-state index contributed by atoms with van der Waals surface area (Å²) in [5.41, 5.74) is 0. The zero-order valence-electron chi connectivity index (χ0n) is 7.25. The number of nitrogens with zero attached hydrogens (tertiary/aromatic N) is 2. The summed E-state index contributed by atoms with van der Waals surface area (Å²) in [5, 5.41) is 3.35. The van der Waals surface area contributed by atoms with Crippen LogP contribution in [0.1, 0.15) is 6.92 Å². The Bertz CT molecular complexity index is 231. The van der Waals surface area contributed by atoms with Gasteiger partial charge in [0.25, 0.3) is 0 Å². The minimum absolute atomic E-state index is 0.544. The molecule has 1 saturated heterocycles. The van der Waals surface area contributed by atoms with E-state index in [4.69, 9.17) is 0 Å². The molecule has 0 radical (unpaired) electrons. The molecular formula is C8H14N4. The van der Waals surface area contributed by atoms with Crippen molar-refractivity contribution in [3.63, 3.8) is 0 Å². The quantitative estimate of drug-likeness (QED) is 0.626. The van der Waals surface area contributed by atoms with Crippen LogP contribution in [0.5, 0.6) is 0 Å². The fraction of sp³-hybridized carbons (Fsp3) is 0.625. The lowest BCUT2D eigenvalue weighted by Crippen LogP contribution is -2.50. The molecule has 1 fully saturated rings. The summed E-state index contributed by atoms with van der Waals surface area (Å²) in [6.45, 7) is 5.36. The number of piperazine rings is 1. The van der Waals surface area contributed by atoms with Gasteiger partial charge in [-0.2, -0.15) is 0 Å². The number of anilines is 1. The van der Waals surface area contributed by atoms with E-state index >= 15 is 0 Å². The summed E-state index contributed by atoms with van der Waals surface area (Å²) in [6, 6.07) is 0.544. The Balaban J connectivity index is 2.11. The minimum atomic E-state index is 0.544. The van der Waals surface area contributed by atoms with Crippen molar-refractivity contribution < 1.29 is 0 Å². The molecule has 12 heavy (non-hydrogen) atoms. The van der Waals surface area contributed by atoms with Crippen LogP contribution in [0.15, 0.2) is 12.5 Å². The molecule has 1 unspecified atom stereocenters. The van der Waals surface area contributed by atoms with Gasteiger partial charge in [-0.3, -0.25) is 0 Å². The lowest BCUT2D eigenvalue weighted by atomic mass is 10.2. The molecule has 66 valence electrons. The van der Waals surface area contributed by atoms with E-state index in [9.17, 15) is 0 Å². The van der Waals surface area contributed by atoms with E-state index in [1.807, 2.05) is 6.20 Å². The number of rotatable bonds is 1. The monoisotopic (exact) mass is 166 g/mol. The number of hydrogen-bond acceptors (Lipinski definition) is 3. The SMILES string of the molecule is CC1CNCCN1c1c[nH]cn1. The minimum Gasteiger partial charge on any atom is -0.350 e. The van der Waals surface area contributed by atoms with Crippen LogP contribution >= 0.6 is 0 Å². The van der Waals surface area contributed by atoms with Crippen LogP contribution < -0.4 is 10.2 Å². The molecule has 0 spiro atoms. The third-order valence-electron chi connectivity index (χ3n) is 2.28. The average Bonchev–Trinajstić information content (AvgIpc) is 2.57. The zero-order chi connectivity index (χ0) is 8.39. The topological polar surface area (TPSA) is 44.0 Å². The van der Waals surface area contributed by atoms with Crippen LogP contribution in [0.2, 0.25) is 0 Å². The Morgan fingerprint density at radius 2 is 2.58 bits per heavy atom. The van der Waals surface area contributed by atoms with Crippen molar-refractivity contribution in [3.05, 3.63) is 12.5 Å². The summed E-state index contributed by atoms with van der Waals surface area (Å²) < 4.78 is 0. The second kappa shape index (κ2) is 3.15. The van der Waals surface area contributed by atoms with E-state index in [-0.39, 0.29) is 0 Å². The predicted octanol–water partition coefficient (Wildman–Crippen LogP) is 0.208. The van der Waals surface area contributed by atoms with Crippen LogP contribution in [-0.4, -0.2) is 35.6 Å². The highest BCUT2D eigenvalue weighted by molar-refractivity contribution is 5.37. The first-order chi connectivity index (χ1) is 5.88. The van der Waals surface area contributed by atoms with Crippen molar-refractivity contribution in [2.24, 2.45) is 0 Å². The molecule has 0 bridgehead atoms. The standard InChI is InChI=1S/C8H14N4/c1-7-4-9-2-3-12(7)8-5-10-6-11-8/h5-7,9H,2-4H2,1H3,(H,10,11). The molecule has 1 aromatic heterocycles. The summed E-state index contributed by atoms with van der Waals surface area (Å²) in [7, 11) is 0. The van der Waals surface area contributed by atoms with E-state index in [0.29, 0.717) is 6.04 Å². The summed E-state index contributed by atoms with van der Waals surface area (Å²) in [6.07, 6.45) is 3.67. The lowest BCUT2D eigenvalue weighted by molar-refractivity contribution is 0.498. The van der Waals surface area contributed by atoms with Gasteiger partial charge in [-0.15, -0.1) is 0 Å². The summed E-state index contributed by atoms with van der Waals surface area (Å²) in [5.74, 6) is 1.06. The van der Waals surface area contributed by atoms with Crippen LogP contribution in [0, 0.1) is 0 Å². The molecule has 2 N–H and O–H groups in total. The second-order valence-electron chi connectivity index (χ2n) is 3.17. The number of imidazole rings is 1. The van der Waals surface area contributed by atoms with Gasteiger partial charge in [0, 0.05) is 31.9 Å². The van der Waals surface area contributed by atoms with Gasteiger partial charge in [0.15, 0.2) is 0 Å². The second-order valence-corrected chi connectivity index (χ2v) is 3.17. The number of H-pyrrole nitrogens is 1. The first-order valence-corrected chi connectivity index (χ1v) is 4.34. The van der Waals surface area contributed by atoms with Gasteiger partial charge in [-0.1, -0.05) is 0 Å². The van der Waals surface area contributed by atoms with Gasteiger partial charge in [0.2, 0.25) is 0 Å². The molecule has 4 nitrogen and oxygen atoms in total. The molecular weight excluding hydrogens is 152 g/mol. The van der Waals surface area contributed by atoms with Crippen molar-refractivity contribution in [2.45, 2.75) is 13.0 Å². The fourth-order valence-corrected chi connectivity index (χ4v) is 1.59. The first-order valence-electron chi connectivity index (χ1n) is 4.34. The largest absolute Gasteiger partial charge is 0.350 e. The number of aromatic nitrogens is 2. The van der Waals surface area contributed by atoms with E-state index in [1.165, 1.54) is 0 Å². The fourth-order valence-electron chi connectivity index (χ4n) is 1.59. The van der Waals surface area contributed by atoms with Crippen molar-refractivity contribution in [2.75, 3.05) is 24.5 Å². The predicted molar refractivity (Wildman–Crippen MR) is 48.3 cm³/mol. The van der Waals surface area contributed by atoms with Gasteiger partial charge in [0.1, 0.15) is 5.82 Å². The number of aromatic amines is 1. The molecule has 1 atom stereocenters. The summed E-state index contributed by atoms with van der Waals surface area (Å²) in [4.78, 5) is 9.52. The summed E-state index contributed by atoms with van der Waals surface area (Å²) >= 11 is 0. The van der Waals surface area contributed by atoms with Crippen LogP contribution in [0.3, 0.4) is 0 Å². The Morgan fingerprint density at radius 3 is 3.25 bits per heavy atom. The van der Waals surface area contributed by atoms with E-state index < -0.39 is 0 Å². The average molecular weight is 166 g/mol. The van der Waals surface area contributed by atoms with E-state index in [2.05, 4.69) is 27.1 Å². The van der Waals surface area contributed by atoms with Crippen LogP contribution in [0.4, 0.5) is 5.82 Å². The molecule has 0 amide bonds. The highest BCUT2D eigenvalue weighted by Crippen LogP contribution is 2.13. The molecule has 2 rings (SSSR count). The molecule has 0 aromatic carbocycles. The van der Waals surface area contributed by atoms with Crippen molar-refractivity contribution >= 4 is 5.82 Å². The first kappa shape index (κ1) is 7.61. The van der Waals surface area contributed by atoms with Crippen molar-refractivity contribution in [1.29, 1.82) is 0 Å². The van der Waals surface area contributed by atoms with E-state index in [0.717, 1.165) is 25.5 Å². The molecule has 0 saturated carbocycles. The van der Waals surface area contributed by atoms with Gasteiger partial charge < -0.3 is 15.2 Å². The van der Waals surface area contributed by atoms with Gasteiger partial charge in [-0.25, -0.2) is 4.98 Å². The molecule has 1 aliphatic heterocycles. The van der Waals surface area contributed by atoms with Crippen LogP contribution in [-0.2, 0) is 0 Å². The van der Waals surface area contributed by atoms with Gasteiger partial charge >= 0.3 is 0 Å². The van der Waals surface area contributed by atoms with Crippen molar-refractivity contribution in [3.8, 4) is 0 Å². The maximum absolute atomic E-state index is 4.23.